The molecule has 0 aliphatic carbocycles. The van der Waals surface area contributed by atoms with Crippen LogP contribution in [0.5, 0.6) is 0 Å². The summed E-state index contributed by atoms with van der Waals surface area (Å²) in [6, 6.07) is -0.396. The van der Waals surface area contributed by atoms with E-state index < -0.39 is 24.7 Å². The average Bonchev–Trinajstić information content (AvgIpc) is 2.69. The molecule has 0 saturated carbocycles. The van der Waals surface area contributed by atoms with E-state index in [-0.39, 0.29) is 24.7 Å². The number of likely N-dealkylation sites (tertiary alicyclic amines) is 1. The molecule has 1 saturated heterocycles. The first-order valence-corrected chi connectivity index (χ1v) is 10.00. The van der Waals surface area contributed by atoms with Gasteiger partial charge in [0.15, 0.2) is 11.5 Å². The number of carbonyl (C=O) groups is 1. The molecule has 0 spiro atoms. The number of halogens is 3. The lowest BCUT2D eigenvalue weighted by atomic mass is 10.1. The number of hydrogen-bond donors (Lipinski definition) is 2. The highest BCUT2D eigenvalue weighted by molar-refractivity contribution is 5.96. The van der Waals surface area contributed by atoms with Gasteiger partial charge < -0.3 is 15.8 Å². The van der Waals surface area contributed by atoms with Crippen molar-refractivity contribution in [1.29, 1.82) is 0 Å². The maximum atomic E-state index is 12.6. The second-order valence-corrected chi connectivity index (χ2v) is 6.99. The number of anilines is 1. The van der Waals surface area contributed by atoms with Crippen molar-refractivity contribution in [3.8, 4) is 12.3 Å². The Bertz CT molecular complexity index is 790. The number of hydrogen-bond acceptors (Lipinski definition) is 6. The number of allylic oxidation sites excluding steroid dienone is 1. The first-order valence-electron chi connectivity index (χ1n) is 10.00. The quantitative estimate of drug-likeness (QED) is 0.520. The van der Waals surface area contributed by atoms with E-state index in [4.69, 9.17) is 16.9 Å². The van der Waals surface area contributed by atoms with Gasteiger partial charge in [-0.3, -0.25) is 9.69 Å². The molecule has 0 bridgehead atoms. The SMILES string of the molecule is C#CCC.C/C=C\OCc1nc(N)c(C(=O)NC2CCCN(CC(F)(F)F)C2)nc1C. The third-order valence-corrected chi connectivity index (χ3v) is 4.31. The van der Waals surface area contributed by atoms with Crippen molar-refractivity contribution < 1.29 is 22.7 Å². The highest BCUT2D eigenvalue weighted by Crippen LogP contribution is 2.20. The standard InChI is InChI=1S/C17H24F3N5O2.C4H6/c1-3-7-27-9-13-11(2)22-14(15(21)24-13)16(26)23-12-5-4-6-25(8-12)10-17(18,19)20;1-3-4-2/h3,7,12H,4-6,8-10H2,1-2H3,(H2,21,24)(H,23,26);1H,4H2,2H3/b7-3-;. The van der Waals surface area contributed by atoms with Gasteiger partial charge in [0.25, 0.3) is 5.91 Å². The van der Waals surface area contributed by atoms with Crippen molar-refractivity contribution in [2.24, 2.45) is 0 Å². The molecule has 10 heteroatoms. The van der Waals surface area contributed by atoms with Crippen LogP contribution in [0.3, 0.4) is 0 Å². The first-order chi connectivity index (χ1) is 14.6. The minimum atomic E-state index is -4.26. The van der Waals surface area contributed by atoms with Crippen LogP contribution < -0.4 is 11.1 Å². The third-order valence-electron chi connectivity index (χ3n) is 4.31. The molecule has 1 fully saturated rings. The predicted molar refractivity (Wildman–Crippen MR) is 113 cm³/mol. The molecule has 1 aromatic rings. The first kappa shape index (κ1) is 26.2. The zero-order valence-electron chi connectivity index (χ0n) is 18.1. The van der Waals surface area contributed by atoms with Crippen LogP contribution in [-0.4, -0.2) is 52.6 Å². The minimum Gasteiger partial charge on any atom is -0.495 e. The second kappa shape index (κ2) is 12.8. The number of alkyl halides is 3. The van der Waals surface area contributed by atoms with Gasteiger partial charge in [0.1, 0.15) is 12.3 Å². The van der Waals surface area contributed by atoms with Crippen molar-refractivity contribution in [3.05, 3.63) is 29.4 Å². The molecule has 1 unspecified atom stereocenters. The Kier molecular flexibility index (Phi) is 10.8. The van der Waals surface area contributed by atoms with E-state index in [1.807, 2.05) is 6.92 Å². The van der Waals surface area contributed by atoms with Gasteiger partial charge in [-0.05, 0) is 33.2 Å². The van der Waals surface area contributed by atoms with Crippen molar-refractivity contribution in [2.75, 3.05) is 25.4 Å². The number of ether oxygens (including phenoxy) is 1. The number of nitrogen functional groups attached to an aromatic ring is 1. The Morgan fingerprint density at radius 1 is 1.45 bits per heavy atom. The molecule has 1 amide bonds. The number of piperidine rings is 1. The summed E-state index contributed by atoms with van der Waals surface area (Å²) < 4.78 is 42.9. The van der Waals surface area contributed by atoms with E-state index >= 15 is 0 Å². The van der Waals surface area contributed by atoms with Gasteiger partial charge in [0, 0.05) is 19.0 Å². The smallest absolute Gasteiger partial charge is 0.401 e. The summed E-state index contributed by atoms with van der Waals surface area (Å²) in [6.45, 7) is 5.11. The Labute approximate surface area is 181 Å². The molecule has 1 aromatic heterocycles. The summed E-state index contributed by atoms with van der Waals surface area (Å²) in [5.41, 5.74) is 6.82. The van der Waals surface area contributed by atoms with Crippen LogP contribution in [-0.2, 0) is 11.3 Å². The molecule has 1 aliphatic heterocycles. The summed E-state index contributed by atoms with van der Waals surface area (Å²) in [7, 11) is 0. The number of aromatic nitrogens is 2. The van der Waals surface area contributed by atoms with Crippen LogP contribution in [0.25, 0.3) is 0 Å². The number of terminal acetylenes is 1. The summed E-state index contributed by atoms with van der Waals surface area (Å²) in [5, 5.41) is 2.72. The third kappa shape index (κ3) is 9.70. The highest BCUT2D eigenvalue weighted by Gasteiger charge is 2.33. The van der Waals surface area contributed by atoms with Crippen LogP contribution in [0.2, 0.25) is 0 Å². The second-order valence-electron chi connectivity index (χ2n) is 6.99. The largest absolute Gasteiger partial charge is 0.495 e. The van der Waals surface area contributed by atoms with Gasteiger partial charge in [0.2, 0.25) is 0 Å². The molecule has 7 nitrogen and oxygen atoms in total. The number of nitrogens with zero attached hydrogens (tertiary/aromatic N) is 3. The van der Waals surface area contributed by atoms with Gasteiger partial charge in [-0.1, -0.05) is 13.0 Å². The zero-order chi connectivity index (χ0) is 23.4. The molecule has 172 valence electrons. The highest BCUT2D eigenvalue weighted by atomic mass is 19.4. The van der Waals surface area contributed by atoms with Crippen LogP contribution in [0.1, 0.15) is 55.0 Å². The van der Waals surface area contributed by atoms with Crippen LogP contribution in [0.15, 0.2) is 12.3 Å². The number of carbonyl (C=O) groups excluding carboxylic acids is 1. The molecular weight excluding hydrogens is 411 g/mol. The zero-order valence-corrected chi connectivity index (χ0v) is 18.1. The number of nitrogens with two attached hydrogens (primary N) is 1. The van der Waals surface area contributed by atoms with Crippen LogP contribution in [0.4, 0.5) is 19.0 Å². The normalized spacial score (nSPS) is 16.9. The maximum Gasteiger partial charge on any atom is 0.401 e. The van der Waals surface area contributed by atoms with Crippen molar-refractivity contribution >= 4 is 11.7 Å². The van der Waals surface area contributed by atoms with E-state index in [1.54, 1.807) is 19.9 Å². The molecule has 0 radical (unpaired) electrons. The lowest BCUT2D eigenvalue weighted by molar-refractivity contribution is -0.148. The molecule has 1 atom stereocenters. The monoisotopic (exact) mass is 441 g/mol. The van der Waals surface area contributed by atoms with E-state index in [1.165, 1.54) is 11.2 Å². The molecule has 0 aromatic carbocycles. The van der Waals surface area contributed by atoms with E-state index in [9.17, 15) is 18.0 Å². The minimum absolute atomic E-state index is 0.0322. The fourth-order valence-electron chi connectivity index (χ4n) is 2.92. The fraction of sp³-hybridized carbons (Fsp3) is 0.571. The molecule has 31 heavy (non-hydrogen) atoms. The van der Waals surface area contributed by atoms with Gasteiger partial charge >= 0.3 is 6.18 Å². The number of nitrogens with one attached hydrogen (secondary N) is 1. The van der Waals surface area contributed by atoms with Crippen molar-refractivity contribution in [3.63, 3.8) is 0 Å². The number of amides is 1. The lowest BCUT2D eigenvalue weighted by Crippen LogP contribution is -2.50. The lowest BCUT2D eigenvalue weighted by Gasteiger charge is -2.33. The van der Waals surface area contributed by atoms with E-state index in [0.717, 1.165) is 6.42 Å². The predicted octanol–water partition coefficient (Wildman–Crippen LogP) is 3.20. The Hall–Kier alpha value is -2.80. The van der Waals surface area contributed by atoms with Gasteiger partial charge in [-0.15, -0.1) is 12.3 Å². The Morgan fingerprint density at radius 3 is 2.71 bits per heavy atom. The maximum absolute atomic E-state index is 12.6. The molecule has 2 heterocycles. The Balaban J connectivity index is 0.00000110. The number of rotatable bonds is 6. The van der Waals surface area contributed by atoms with Crippen LogP contribution >= 0.6 is 0 Å². The molecule has 1 aliphatic rings. The molecule has 3 N–H and O–H groups in total. The van der Waals surface area contributed by atoms with Crippen LogP contribution in [0, 0.1) is 19.3 Å². The number of aryl methyl sites for hydroxylation is 1. The summed E-state index contributed by atoms with van der Waals surface area (Å²) in [4.78, 5) is 22.1. The fourth-order valence-corrected chi connectivity index (χ4v) is 2.92. The van der Waals surface area contributed by atoms with Gasteiger partial charge in [-0.25, -0.2) is 9.97 Å². The van der Waals surface area contributed by atoms with E-state index in [0.29, 0.717) is 30.8 Å². The summed E-state index contributed by atoms with van der Waals surface area (Å²) in [5.74, 6) is 1.85. The average molecular weight is 441 g/mol. The van der Waals surface area contributed by atoms with Gasteiger partial charge in [0.05, 0.1) is 18.5 Å². The van der Waals surface area contributed by atoms with Gasteiger partial charge in [-0.2, -0.15) is 13.2 Å². The summed E-state index contributed by atoms with van der Waals surface area (Å²) in [6.07, 6.45) is 5.77. The topological polar surface area (TPSA) is 93.4 Å². The Morgan fingerprint density at radius 2 is 2.13 bits per heavy atom. The molecule has 2 rings (SSSR count). The van der Waals surface area contributed by atoms with Crippen molar-refractivity contribution in [2.45, 2.75) is 58.9 Å². The molecular formula is C21H30F3N5O2. The van der Waals surface area contributed by atoms with Crippen molar-refractivity contribution in [1.82, 2.24) is 20.2 Å². The van der Waals surface area contributed by atoms with E-state index in [2.05, 4.69) is 21.2 Å². The summed E-state index contributed by atoms with van der Waals surface area (Å²) >= 11 is 0.